The average Bonchev–Trinajstić information content (AvgIpc) is 3.42. The van der Waals surface area contributed by atoms with Crippen molar-refractivity contribution in [2.24, 2.45) is 5.41 Å². The number of hydrogen-bond donors (Lipinski definition) is 2. The van der Waals surface area contributed by atoms with Crippen LogP contribution in [0.15, 0.2) is 42.0 Å². The first kappa shape index (κ1) is 22.1. The molecule has 33 heavy (non-hydrogen) atoms. The number of rotatable bonds is 5. The lowest BCUT2D eigenvalue weighted by molar-refractivity contribution is 0.0165. The van der Waals surface area contributed by atoms with Gasteiger partial charge in [0.2, 0.25) is 5.95 Å². The second-order valence-electron chi connectivity index (χ2n) is 9.72. The van der Waals surface area contributed by atoms with Gasteiger partial charge in [0.05, 0.1) is 11.3 Å². The van der Waals surface area contributed by atoms with E-state index in [1.807, 2.05) is 23.6 Å². The molecule has 1 aliphatic heterocycles. The summed E-state index contributed by atoms with van der Waals surface area (Å²) >= 11 is 1.58. The summed E-state index contributed by atoms with van der Waals surface area (Å²) in [6, 6.07) is 6.22. The summed E-state index contributed by atoms with van der Waals surface area (Å²) < 4.78 is 29.1. The van der Waals surface area contributed by atoms with Crippen LogP contribution >= 0.6 is 11.3 Å². The third-order valence-electron chi connectivity index (χ3n) is 6.24. The summed E-state index contributed by atoms with van der Waals surface area (Å²) in [5.74, 6) is -2.66. The van der Waals surface area contributed by atoms with Crippen molar-refractivity contribution < 1.29 is 8.78 Å². The van der Waals surface area contributed by atoms with E-state index in [4.69, 9.17) is 0 Å². The van der Waals surface area contributed by atoms with Crippen LogP contribution in [0, 0.1) is 5.41 Å². The van der Waals surface area contributed by atoms with E-state index in [0.717, 1.165) is 53.7 Å². The van der Waals surface area contributed by atoms with Crippen molar-refractivity contribution in [3.05, 3.63) is 64.4 Å². The number of nitrogens with one attached hydrogen (secondary N) is 2. The van der Waals surface area contributed by atoms with Gasteiger partial charge in [0.15, 0.2) is 0 Å². The highest BCUT2D eigenvalue weighted by atomic mass is 32.1. The molecule has 1 saturated heterocycles. The summed E-state index contributed by atoms with van der Waals surface area (Å²) in [7, 11) is 0. The summed E-state index contributed by atoms with van der Waals surface area (Å²) in [6.07, 6.45) is 6.67. The fourth-order valence-corrected chi connectivity index (χ4v) is 5.36. The van der Waals surface area contributed by atoms with E-state index in [0.29, 0.717) is 18.1 Å². The van der Waals surface area contributed by atoms with Gasteiger partial charge in [-0.15, -0.1) is 11.3 Å². The van der Waals surface area contributed by atoms with Crippen molar-refractivity contribution in [3.8, 4) is 10.6 Å². The lowest BCUT2D eigenvalue weighted by Gasteiger charge is -2.36. The summed E-state index contributed by atoms with van der Waals surface area (Å²) in [5.41, 5.74) is 4.09. The van der Waals surface area contributed by atoms with Crippen LogP contribution < -0.4 is 10.6 Å². The lowest BCUT2D eigenvalue weighted by atomic mass is 9.83. The Balaban J connectivity index is 1.49. The van der Waals surface area contributed by atoms with Gasteiger partial charge in [0.1, 0.15) is 5.01 Å². The number of halogens is 2. The Labute approximate surface area is 196 Å². The quantitative estimate of drug-likeness (QED) is 0.519. The number of alkyl halides is 2. The Bertz CT molecular complexity index is 1200. The molecule has 0 spiro atoms. The molecule has 2 aliphatic rings. The number of nitrogens with zero attached hydrogens (tertiary/aromatic N) is 3. The van der Waals surface area contributed by atoms with E-state index < -0.39 is 5.92 Å². The van der Waals surface area contributed by atoms with E-state index in [9.17, 15) is 8.78 Å². The van der Waals surface area contributed by atoms with E-state index in [2.05, 4.69) is 45.5 Å². The van der Waals surface area contributed by atoms with Crippen molar-refractivity contribution in [3.63, 3.8) is 0 Å². The third kappa shape index (κ3) is 4.54. The van der Waals surface area contributed by atoms with Crippen molar-refractivity contribution in [2.45, 2.75) is 45.6 Å². The topological polar surface area (TPSA) is 62.7 Å². The molecule has 5 nitrogen and oxygen atoms in total. The molecule has 8 heteroatoms. The van der Waals surface area contributed by atoms with Crippen LogP contribution in [0.25, 0.3) is 16.1 Å². The van der Waals surface area contributed by atoms with E-state index in [-0.39, 0.29) is 17.0 Å². The first-order chi connectivity index (χ1) is 15.7. The molecule has 1 atom stereocenters. The van der Waals surface area contributed by atoms with Gasteiger partial charge < -0.3 is 10.6 Å². The molecule has 0 radical (unpaired) electrons. The fraction of sp³-hybridized carbons (Fsp3) is 0.400. The van der Waals surface area contributed by atoms with Crippen LogP contribution in [0.2, 0.25) is 0 Å². The highest BCUT2D eigenvalue weighted by Gasteiger charge is 2.33. The lowest BCUT2D eigenvalue weighted by Crippen LogP contribution is -2.47. The van der Waals surface area contributed by atoms with Crippen molar-refractivity contribution in [1.29, 1.82) is 0 Å². The minimum atomic E-state index is -3.05. The zero-order valence-corrected chi connectivity index (χ0v) is 19.8. The van der Waals surface area contributed by atoms with Crippen LogP contribution in [-0.2, 0) is 12.3 Å². The van der Waals surface area contributed by atoms with Gasteiger partial charge in [-0.1, -0.05) is 32.1 Å². The molecule has 5 rings (SSSR count). The van der Waals surface area contributed by atoms with Crippen LogP contribution in [-0.4, -0.2) is 34.1 Å². The highest BCUT2D eigenvalue weighted by Crippen LogP contribution is 2.40. The highest BCUT2D eigenvalue weighted by molar-refractivity contribution is 7.13. The van der Waals surface area contributed by atoms with Crippen LogP contribution in [0.1, 0.15) is 49.6 Å². The number of allylic oxidation sites excluding steroid dienone is 1. The normalized spacial score (nSPS) is 19.8. The number of anilines is 1. The number of benzene rings is 1. The predicted molar refractivity (Wildman–Crippen MR) is 129 cm³/mol. The molecule has 1 aliphatic carbocycles. The van der Waals surface area contributed by atoms with Crippen molar-refractivity contribution in [1.82, 2.24) is 20.3 Å². The Morgan fingerprint density at radius 1 is 1.24 bits per heavy atom. The minimum absolute atomic E-state index is 0.139. The molecular formula is C25H27F2N5S. The Morgan fingerprint density at radius 2 is 2.09 bits per heavy atom. The Kier molecular flexibility index (Phi) is 5.53. The Hall–Kier alpha value is -2.71. The zero-order chi connectivity index (χ0) is 23.2. The van der Waals surface area contributed by atoms with Gasteiger partial charge >= 0.3 is 0 Å². The zero-order valence-electron chi connectivity index (χ0n) is 19.0. The van der Waals surface area contributed by atoms with E-state index in [1.165, 1.54) is 6.20 Å². The van der Waals surface area contributed by atoms with E-state index in [1.54, 1.807) is 17.5 Å². The molecule has 0 saturated carbocycles. The first-order valence-corrected chi connectivity index (χ1v) is 12.0. The SMILES string of the molecule is CC1(C)CNC[C@@H](Nc2ncc(C(C)(F)F)c(C3=CCc4cc(-c5nccs5)ccc43)n2)C1. The molecule has 0 unspecified atom stereocenters. The molecule has 0 amide bonds. The summed E-state index contributed by atoms with van der Waals surface area (Å²) in [5, 5.41) is 9.69. The molecule has 2 N–H and O–H groups in total. The second-order valence-corrected chi connectivity index (χ2v) is 10.6. The number of thiazole rings is 1. The summed E-state index contributed by atoms with van der Waals surface area (Å²) in [6.45, 7) is 7.06. The molecule has 3 heterocycles. The molecule has 0 bridgehead atoms. The van der Waals surface area contributed by atoms with Gasteiger partial charge in [-0.2, -0.15) is 0 Å². The van der Waals surface area contributed by atoms with Gasteiger partial charge in [0.25, 0.3) is 5.92 Å². The maximum atomic E-state index is 14.5. The maximum absolute atomic E-state index is 14.5. The molecule has 3 aromatic rings. The smallest absolute Gasteiger partial charge is 0.274 e. The number of hydrogen-bond acceptors (Lipinski definition) is 6. The van der Waals surface area contributed by atoms with Crippen molar-refractivity contribution in [2.75, 3.05) is 18.4 Å². The number of piperidine rings is 1. The number of fused-ring (bicyclic) bond motifs is 1. The van der Waals surface area contributed by atoms with Crippen LogP contribution in [0.5, 0.6) is 0 Å². The minimum Gasteiger partial charge on any atom is -0.350 e. The monoisotopic (exact) mass is 467 g/mol. The van der Waals surface area contributed by atoms with Gasteiger partial charge in [-0.05, 0) is 35.4 Å². The van der Waals surface area contributed by atoms with Crippen molar-refractivity contribution >= 4 is 22.9 Å². The van der Waals surface area contributed by atoms with Gasteiger partial charge in [-0.25, -0.2) is 23.7 Å². The van der Waals surface area contributed by atoms with Crippen LogP contribution in [0.4, 0.5) is 14.7 Å². The molecular weight excluding hydrogens is 440 g/mol. The fourth-order valence-electron chi connectivity index (χ4n) is 4.73. The third-order valence-corrected chi connectivity index (χ3v) is 7.07. The largest absolute Gasteiger partial charge is 0.350 e. The van der Waals surface area contributed by atoms with Gasteiger partial charge in [0, 0.05) is 55.0 Å². The molecule has 172 valence electrons. The van der Waals surface area contributed by atoms with Crippen LogP contribution in [0.3, 0.4) is 0 Å². The first-order valence-electron chi connectivity index (χ1n) is 11.2. The molecule has 1 aromatic carbocycles. The standard InChI is InChI=1S/C25H27F2N5S/c1-24(2)11-17(12-28-14-24)31-23-30-13-20(25(3,26)27)21(32-23)19-7-4-15-10-16(5-6-18(15)19)22-29-8-9-33-22/h5-10,13,17,28H,4,11-12,14H2,1-3H3,(H,30,31,32)/t17-/m0/s1. The Morgan fingerprint density at radius 3 is 2.82 bits per heavy atom. The molecule has 2 aromatic heterocycles. The molecule has 1 fully saturated rings. The maximum Gasteiger partial charge on any atom is 0.274 e. The average molecular weight is 468 g/mol. The second kappa shape index (κ2) is 8.25. The van der Waals surface area contributed by atoms with Gasteiger partial charge in [-0.3, -0.25) is 0 Å². The van der Waals surface area contributed by atoms with E-state index >= 15 is 0 Å². The summed E-state index contributed by atoms with van der Waals surface area (Å²) in [4.78, 5) is 13.3. The number of aromatic nitrogens is 3. The predicted octanol–water partition coefficient (Wildman–Crippen LogP) is 5.50.